The molecule has 0 spiro atoms. The Morgan fingerprint density at radius 2 is 1.38 bits per heavy atom. The largest absolute Gasteiger partial charge is 0.435 e. The first-order valence-electron chi connectivity index (χ1n) is 7.03. The van der Waals surface area contributed by atoms with Gasteiger partial charge in [-0.2, -0.15) is 26.3 Å². The summed E-state index contributed by atoms with van der Waals surface area (Å²) in [6.45, 7) is 2.93. The predicted molar refractivity (Wildman–Crippen MR) is 74.8 cm³/mol. The van der Waals surface area contributed by atoms with Gasteiger partial charge in [-0.25, -0.2) is 4.39 Å². The van der Waals surface area contributed by atoms with Gasteiger partial charge in [-0.15, -0.1) is 0 Å². The van der Waals surface area contributed by atoms with E-state index in [0.717, 1.165) is 0 Å². The number of aromatic nitrogens is 1. The molecule has 0 radical (unpaired) electrons. The van der Waals surface area contributed by atoms with Crippen LogP contribution in [0, 0.1) is 6.92 Å². The standard InChI is InChI=1S/C16H14F7N/c1-3-11-9-12(14(17,15(18,19)20)16(21,22)23)8-10(2)13(11)24-6-4-5-7-24/h4-9H,3H2,1-2H3. The molecular weight excluding hydrogens is 339 g/mol. The first-order chi connectivity index (χ1) is 10.9. The molecule has 1 nitrogen and oxygen atoms in total. The highest BCUT2D eigenvalue weighted by molar-refractivity contribution is 5.52. The number of hydrogen-bond acceptors (Lipinski definition) is 0. The third kappa shape index (κ3) is 2.78. The van der Waals surface area contributed by atoms with Crippen LogP contribution in [0.1, 0.15) is 23.6 Å². The number of aryl methyl sites for hydroxylation is 2. The van der Waals surface area contributed by atoms with Crippen molar-refractivity contribution in [1.82, 2.24) is 4.57 Å². The van der Waals surface area contributed by atoms with Crippen LogP contribution in [0.3, 0.4) is 0 Å². The second kappa shape index (κ2) is 5.82. The zero-order valence-electron chi connectivity index (χ0n) is 12.8. The van der Waals surface area contributed by atoms with E-state index in [1.54, 1.807) is 36.0 Å². The fourth-order valence-electron chi connectivity index (χ4n) is 2.66. The van der Waals surface area contributed by atoms with Crippen LogP contribution >= 0.6 is 0 Å². The van der Waals surface area contributed by atoms with Crippen molar-refractivity contribution in [2.24, 2.45) is 0 Å². The molecule has 2 rings (SSSR count). The molecule has 24 heavy (non-hydrogen) atoms. The van der Waals surface area contributed by atoms with E-state index in [9.17, 15) is 30.7 Å². The molecule has 0 aliphatic carbocycles. The Kier molecular flexibility index (Phi) is 4.45. The third-order valence-corrected chi connectivity index (χ3v) is 3.80. The molecule has 8 heteroatoms. The summed E-state index contributed by atoms with van der Waals surface area (Å²) in [6, 6.07) is 4.58. The van der Waals surface area contributed by atoms with Crippen LogP contribution in [0.25, 0.3) is 5.69 Å². The van der Waals surface area contributed by atoms with Crippen molar-refractivity contribution in [3.63, 3.8) is 0 Å². The van der Waals surface area contributed by atoms with Crippen LogP contribution in [0.5, 0.6) is 0 Å². The smallest absolute Gasteiger partial charge is 0.323 e. The van der Waals surface area contributed by atoms with E-state index in [0.29, 0.717) is 17.8 Å². The molecule has 0 unspecified atom stereocenters. The normalized spacial score (nSPS) is 13.4. The maximum absolute atomic E-state index is 14.3. The Balaban J connectivity index is 2.74. The molecule has 0 saturated heterocycles. The molecule has 0 aliphatic rings. The van der Waals surface area contributed by atoms with Crippen LogP contribution in [-0.2, 0) is 12.1 Å². The lowest BCUT2D eigenvalue weighted by molar-refractivity contribution is -0.348. The third-order valence-electron chi connectivity index (χ3n) is 3.80. The van der Waals surface area contributed by atoms with Gasteiger partial charge in [0.25, 0.3) is 0 Å². The topological polar surface area (TPSA) is 4.93 Å². The van der Waals surface area contributed by atoms with Crippen molar-refractivity contribution in [2.75, 3.05) is 0 Å². The fraction of sp³-hybridized carbons (Fsp3) is 0.375. The highest BCUT2D eigenvalue weighted by Crippen LogP contribution is 2.53. The van der Waals surface area contributed by atoms with E-state index in [4.69, 9.17) is 0 Å². The first kappa shape index (κ1) is 18.4. The van der Waals surface area contributed by atoms with Crippen molar-refractivity contribution >= 4 is 0 Å². The van der Waals surface area contributed by atoms with Gasteiger partial charge in [-0.1, -0.05) is 13.0 Å². The lowest BCUT2D eigenvalue weighted by Gasteiger charge is -2.31. The van der Waals surface area contributed by atoms with E-state index in [1.165, 1.54) is 6.92 Å². The molecule has 0 atom stereocenters. The molecule has 1 aromatic heterocycles. The molecule has 0 N–H and O–H groups in total. The Bertz CT molecular complexity index is 697. The summed E-state index contributed by atoms with van der Waals surface area (Å²) >= 11 is 0. The highest BCUT2D eigenvalue weighted by atomic mass is 19.4. The molecule has 132 valence electrons. The maximum Gasteiger partial charge on any atom is 0.435 e. The van der Waals surface area contributed by atoms with Crippen LogP contribution in [0.4, 0.5) is 30.7 Å². The lowest BCUT2D eigenvalue weighted by atomic mass is 9.89. The molecular formula is C16H14F7N. The van der Waals surface area contributed by atoms with E-state index in [2.05, 4.69) is 0 Å². The molecule has 0 aliphatic heterocycles. The quantitative estimate of drug-likeness (QED) is 0.630. The summed E-state index contributed by atoms with van der Waals surface area (Å²) in [5.41, 5.74) is -6.11. The van der Waals surface area contributed by atoms with Crippen LogP contribution < -0.4 is 0 Å². The number of halogens is 7. The van der Waals surface area contributed by atoms with Gasteiger partial charge in [0.15, 0.2) is 0 Å². The Hall–Kier alpha value is -1.99. The summed E-state index contributed by atoms with van der Waals surface area (Å²) < 4.78 is 93.4. The zero-order valence-corrected chi connectivity index (χ0v) is 12.8. The van der Waals surface area contributed by atoms with Crippen LogP contribution in [0.2, 0.25) is 0 Å². The Morgan fingerprint density at radius 3 is 1.79 bits per heavy atom. The van der Waals surface area contributed by atoms with Gasteiger partial charge in [0.2, 0.25) is 0 Å². The molecule has 0 saturated carbocycles. The Morgan fingerprint density at radius 1 is 0.875 bits per heavy atom. The number of nitrogens with zero attached hydrogens (tertiary/aromatic N) is 1. The summed E-state index contributed by atoms with van der Waals surface area (Å²) in [5.74, 6) is 0. The summed E-state index contributed by atoms with van der Waals surface area (Å²) in [4.78, 5) is 0. The SMILES string of the molecule is CCc1cc(C(F)(C(F)(F)F)C(F)(F)F)cc(C)c1-n1cccc1. The van der Waals surface area contributed by atoms with Gasteiger partial charge in [-0.05, 0) is 42.7 Å². The van der Waals surface area contributed by atoms with Crippen molar-refractivity contribution < 1.29 is 30.7 Å². The molecule has 2 aromatic rings. The molecule has 0 bridgehead atoms. The minimum atomic E-state index is -6.11. The maximum atomic E-state index is 14.3. The van der Waals surface area contributed by atoms with Crippen LogP contribution in [-0.4, -0.2) is 16.9 Å². The van der Waals surface area contributed by atoms with E-state index >= 15 is 0 Å². The number of alkyl halides is 7. The van der Waals surface area contributed by atoms with Gasteiger partial charge in [0, 0.05) is 18.0 Å². The summed E-state index contributed by atoms with van der Waals surface area (Å²) in [6.07, 6.45) is -8.86. The van der Waals surface area contributed by atoms with Gasteiger partial charge in [0.05, 0.1) is 5.69 Å². The minimum Gasteiger partial charge on any atom is -0.323 e. The second-order valence-corrected chi connectivity index (χ2v) is 5.40. The number of benzene rings is 1. The van der Waals surface area contributed by atoms with Gasteiger partial charge in [-0.3, -0.25) is 0 Å². The Labute approximate surface area is 133 Å². The molecule has 1 aromatic carbocycles. The molecule has 0 amide bonds. The first-order valence-corrected chi connectivity index (χ1v) is 7.03. The summed E-state index contributed by atoms with van der Waals surface area (Å²) in [5, 5.41) is 0. The molecule has 1 heterocycles. The van der Waals surface area contributed by atoms with Crippen LogP contribution in [0.15, 0.2) is 36.7 Å². The predicted octanol–water partition coefficient (Wildman–Crippen LogP) is 5.64. The average Bonchev–Trinajstić information content (AvgIpc) is 2.96. The van der Waals surface area contributed by atoms with Crippen molar-refractivity contribution in [1.29, 1.82) is 0 Å². The lowest BCUT2D eigenvalue weighted by Crippen LogP contribution is -2.50. The van der Waals surface area contributed by atoms with E-state index < -0.39 is 23.6 Å². The second-order valence-electron chi connectivity index (χ2n) is 5.40. The number of hydrogen-bond donors (Lipinski definition) is 0. The average molecular weight is 353 g/mol. The van der Waals surface area contributed by atoms with Crippen molar-refractivity contribution in [3.8, 4) is 5.69 Å². The van der Waals surface area contributed by atoms with E-state index in [-0.39, 0.29) is 17.5 Å². The highest BCUT2D eigenvalue weighted by Gasteiger charge is 2.73. The van der Waals surface area contributed by atoms with Gasteiger partial charge >= 0.3 is 18.0 Å². The monoisotopic (exact) mass is 353 g/mol. The fourth-order valence-corrected chi connectivity index (χ4v) is 2.66. The van der Waals surface area contributed by atoms with Gasteiger partial charge in [0.1, 0.15) is 0 Å². The van der Waals surface area contributed by atoms with Crippen molar-refractivity contribution in [3.05, 3.63) is 53.3 Å². The molecule has 0 fully saturated rings. The zero-order chi connectivity index (χ0) is 18.3. The van der Waals surface area contributed by atoms with E-state index in [1.807, 2.05) is 0 Å². The minimum absolute atomic E-state index is 0.121. The van der Waals surface area contributed by atoms with Crippen molar-refractivity contribution in [2.45, 2.75) is 38.3 Å². The summed E-state index contributed by atoms with van der Waals surface area (Å²) in [7, 11) is 0. The number of rotatable bonds is 3. The van der Waals surface area contributed by atoms with Gasteiger partial charge < -0.3 is 4.57 Å².